The van der Waals surface area contributed by atoms with Crippen molar-refractivity contribution in [2.45, 2.75) is 38.5 Å². The summed E-state index contributed by atoms with van der Waals surface area (Å²) in [6, 6.07) is 17.3. The van der Waals surface area contributed by atoms with Crippen LogP contribution in [0.15, 0.2) is 54.7 Å². The van der Waals surface area contributed by atoms with Crippen LogP contribution in [0.25, 0.3) is 10.9 Å². The predicted octanol–water partition coefficient (Wildman–Crippen LogP) is 5.45. The van der Waals surface area contributed by atoms with Crippen LogP contribution >= 0.6 is 0 Å². The molecule has 1 unspecified atom stereocenters. The van der Waals surface area contributed by atoms with Crippen molar-refractivity contribution < 1.29 is 4.74 Å². The normalized spacial score (nSPS) is 17.8. The van der Waals surface area contributed by atoms with Gasteiger partial charge in [-0.3, -0.25) is 0 Å². The Morgan fingerprint density at radius 2 is 2.00 bits per heavy atom. The number of nitrogens with one attached hydrogen (secondary N) is 1. The number of rotatable bonds is 8. The summed E-state index contributed by atoms with van der Waals surface area (Å²) in [6.45, 7) is 3.77. The van der Waals surface area contributed by atoms with Crippen LogP contribution < -0.4 is 4.74 Å². The molecule has 0 aliphatic carbocycles. The number of hydrogen-bond donors (Lipinski definition) is 1. The van der Waals surface area contributed by atoms with Gasteiger partial charge < -0.3 is 14.6 Å². The van der Waals surface area contributed by atoms with E-state index in [0.717, 1.165) is 18.1 Å². The zero-order valence-electron chi connectivity index (χ0n) is 17.0. The van der Waals surface area contributed by atoms with Crippen LogP contribution in [0.2, 0.25) is 0 Å². The fraction of sp³-hybridized carbons (Fsp3) is 0.440. The van der Waals surface area contributed by atoms with Crippen LogP contribution in [0.1, 0.15) is 36.8 Å². The molecule has 3 nitrogen and oxygen atoms in total. The molecule has 2 heterocycles. The molecule has 0 bridgehead atoms. The number of nitrogens with zero attached hydrogens (tertiary/aromatic N) is 1. The third-order valence-electron chi connectivity index (χ3n) is 6.12. The topological polar surface area (TPSA) is 28.3 Å². The highest BCUT2D eigenvalue weighted by atomic mass is 16.5. The summed E-state index contributed by atoms with van der Waals surface area (Å²) in [7, 11) is 1.73. The number of benzene rings is 2. The summed E-state index contributed by atoms with van der Waals surface area (Å²) in [4.78, 5) is 6.08. The van der Waals surface area contributed by atoms with Gasteiger partial charge in [-0.1, -0.05) is 30.3 Å². The van der Waals surface area contributed by atoms with Gasteiger partial charge in [0, 0.05) is 23.6 Å². The molecule has 1 saturated heterocycles. The molecule has 148 valence electrons. The number of ether oxygens (including phenoxy) is 1. The second kappa shape index (κ2) is 9.29. The number of piperidine rings is 1. The Hall–Kier alpha value is -2.26. The Morgan fingerprint density at radius 1 is 1.11 bits per heavy atom. The van der Waals surface area contributed by atoms with E-state index < -0.39 is 0 Å². The SMILES string of the molecule is COc1ccc2[nH]cc(CCCCN3CCCC(Cc4ccccc4)C3)c2c1. The van der Waals surface area contributed by atoms with E-state index in [9.17, 15) is 0 Å². The van der Waals surface area contributed by atoms with Crippen molar-refractivity contribution in [1.82, 2.24) is 9.88 Å². The molecule has 28 heavy (non-hydrogen) atoms. The lowest BCUT2D eigenvalue weighted by molar-refractivity contribution is 0.171. The fourth-order valence-corrected chi connectivity index (χ4v) is 4.61. The van der Waals surface area contributed by atoms with Crippen molar-refractivity contribution in [2.75, 3.05) is 26.7 Å². The summed E-state index contributed by atoms with van der Waals surface area (Å²) in [6.07, 6.45) is 9.77. The molecule has 1 aliphatic rings. The summed E-state index contributed by atoms with van der Waals surface area (Å²) in [5, 5.41) is 1.31. The van der Waals surface area contributed by atoms with E-state index in [1.165, 1.54) is 73.8 Å². The lowest BCUT2D eigenvalue weighted by Gasteiger charge is -2.32. The number of fused-ring (bicyclic) bond motifs is 1. The highest BCUT2D eigenvalue weighted by Crippen LogP contribution is 2.25. The summed E-state index contributed by atoms with van der Waals surface area (Å²) < 4.78 is 5.38. The van der Waals surface area contributed by atoms with Crippen molar-refractivity contribution in [3.8, 4) is 5.75 Å². The number of aromatic nitrogens is 1. The lowest BCUT2D eigenvalue weighted by Crippen LogP contribution is -2.36. The van der Waals surface area contributed by atoms with Crippen molar-refractivity contribution in [3.63, 3.8) is 0 Å². The van der Waals surface area contributed by atoms with Gasteiger partial charge in [-0.15, -0.1) is 0 Å². The van der Waals surface area contributed by atoms with Crippen LogP contribution in [0, 0.1) is 5.92 Å². The third kappa shape index (κ3) is 4.77. The molecular weight excluding hydrogens is 344 g/mol. The van der Waals surface area contributed by atoms with Gasteiger partial charge in [0.1, 0.15) is 5.75 Å². The van der Waals surface area contributed by atoms with E-state index in [4.69, 9.17) is 4.74 Å². The Kier molecular flexibility index (Phi) is 6.33. The molecular formula is C25H32N2O. The third-order valence-corrected chi connectivity index (χ3v) is 6.12. The zero-order chi connectivity index (χ0) is 19.2. The molecule has 0 radical (unpaired) electrons. The Labute approximate surface area is 168 Å². The average Bonchev–Trinajstić information content (AvgIpc) is 3.14. The molecule has 3 aromatic rings. The lowest BCUT2D eigenvalue weighted by atomic mass is 9.91. The van der Waals surface area contributed by atoms with Gasteiger partial charge in [-0.05, 0) is 86.9 Å². The largest absolute Gasteiger partial charge is 0.497 e. The number of methoxy groups -OCH3 is 1. The molecule has 1 atom stereocenters. The van der Waals surface area contributed by atoms with E-state index in [0.29, 0.717) is 0 Å². The van der Waals surface area contributed by atoms with E-state index in [1.807, 2.05) is 6.07 Å². The first kappa shape index (κ1) is 19.1. The minimum atomic E-state index is 0.817. The standard InChI is InChI=1S/C25H32N2O/c1-28-23-12-13-25-24(17-23)22(18-26-25)11-5-6-14-27-15-7-10-21(19-27)16-20-8-3-2-4-9-20/h2-4,8-9,12-13,17-18,21,26H,5-7,10-11,14-16,19H2,1H3. The summed E-state index contributed by atoms with van der Waals surface area (Å²) in [5.74, 6) is 1.75. The molecule has 1 aromatic heterocycles. The molecule has 0 spiro atoms. The fourth-order valence-electron chi connectivity index (χ4n) is 4.61. The van der Waals surface area contributed by atoms with Crippen LogP contribution in [0.4, 0.5) is 0 Å². The first-order chi connectivity index (χ1) is 13.8. The van der Waals surface area contributed by atoms with E-state index >= 15 is 0 Å². The molecule has 3 heteroatoms. The van der Waals surface area contributed by atoms with E-state index in [-0.39, 0.29) is 0 Å². The van der Waals surface area contributed by atoms with Gasteiger partial charge in [-0.2, -0.15) is 0 Å². The molecule has 2 aromatic carbocycles. The van der Waals surface area contributed by atoms with Gasteiger partial charge in [0.2, 0.25) is 0 Å². The van der Waals surface area contributed by atoms with E-state index in [2.05, 4.69) is 58.5 Å². The molecule has 1 N–H and O–H groups in total. The Bertz CT molecular complexity index is 871. The highest BCUT2D eigenvalue weighted by Gasteiger charge is 2.19. The van der Waals surface area contributed by atoms with Crippen LogP contribution in [0.3, 0.4) is 0 Å². The second-order valence-corrected chi connectivity index (χ2v) is 8.18. The highest BCUT2D eigenvalue weighted by molar-refractivity contribution is 5.84. The van der Waals surface area contributed by atoms with Gasteiger partial charge in [0.05, 0.1) is 7.11 Å². The minimum Gasteiger partial charge on any atom is -0.497 e. The number of hydrogen-bond acceptors (Lipinski definition) is 2. The van der Waals surface area contributed by atoms with Crippen molar-refractivity contribution in [1.29, 1.82) is 0 Å². The number of likely N-dealkylation sites (tertiary alicyclic amines) is 1. The zero-order valence-corrected chi connectivity index (χ0v) is 17.0. The minimum absolute atomic E-state index is 0.817. The van der Waals surface area contributed by atoms with Gasteiger partial charge in [0.15, 0.2) is 0 Å². The average molecular weight is 377 g/mol. The number of aromatic amines is 1. The maximum atomic E-state index is 5.38. The van der Waals surface area contributed by atoms with Crippen molar-refractivity contribution >= 4 is 10.9 Å². The maximum Gasteiger partial charge on any atom is 0.119 e. The number of aryl methyl sites for hydroxylation is 1. The van der Waals surface area contributed by atoms with Crippen molar-refractivity contribution in [2.24, 2.45) is 5.92 Å². The number of unbranched alkanes of at least 4 members (excludes halogenated alkanes) is 1. The molecule has 4 rings (SSSR count). The predicted molar refractivity (Wildman–Crippen MR) is 117 cm³/mol. The molecule has 1 aliphatic heterocycles. The van der Waals surface area contributed by atoms with Crippen molar-refractivity contribution in [3.05, 3.63) is 65.9 Å². The smallest absolute Gasteiger partial charge is 0.119 e. The Morgan fingerprint density at radius 3 is 2.86 bits per heavy atom. The second-order valence-electron chi connectivity index (χ2n) is 8.18. The summed E-state index contributed by atoms with van der Waals surface area (Å²) >= 11 is 0. The molecule has 0 saturated carbocycles. The molecule has 1 fully saturated rings. The van der Waals surface area contributed by atoms with E-state index in [1.54, 1.807) is 7.11 Å². The molecule has 0 amide bonds. The summed E-state index contributed by atoms with van der Waals surface area (Å²) in [5.41, 5.74) is 4.11. The number of H-pyrrole nitrogens is 1. The van der Waals surface area contributed by atoms with Crippen LogP contribution in [-0.4, -0.2) is 36.6 Å². The van der Waals surface area contributed by atoms with Crippen LogP contribution in [-0.2, 0) is 12.8 Å². The first-order valence-corrected chi connectivity index (χ1v) is 10.7. The monoisotopic (exact) mass is 376 g/mol. The maximum absolute atomic E-state index is 5.38. The first-order valence-electron chi connectivity index (χ1n) is 10.7. The quantitative estimate of drug-likeness (QED) is 0.529. The van der Waals surface area contributed by atoms with Crippen LogP contribution in [0.5, 0.6) is 5.75 Å². The van der Waals surface area contributed by atoms with Gasteiger partial charge in [0.25, 0.3) is 0 Å². The van der Waals surface area contributed by atoms with Gasteiger partial charge in [-0.25, -0.2) is 0 Å². The van der Waals surface area contributed by atoms with Gasteiger partial charge >= 0.3 is 0 Å². The Balaban J connectivity index is 1.24.